The quantitative estimate of drug-likeness (QED) is 0.868. The molecule has 2 rings (SSSR count). The van der Waals surface area contributed by atoms with E-state index in [1.165, 1.54) is 17.7 Å². The molecule has 20 heavy (non-hydrogen) atoms. The zero-order valence-corrected chi connectivity index (χ0v) is 12.4. The fraction of sp³-hybridized carbons (Fsp3) is 0.188. The van der Waals surface area contributed by atoms with Gasteiger partial charge in [0, 0.05) is 18.3 Å². The van der Waals surface area contributed by atoms with Gasteiger partial charge in [-0.1, -0.05) is 31.3 Å². The smallest absolute Gasteiger partial charge is 0.124 e. The monoisotopic (exact) mass is 288 g/mol. The van der Waals surface area contributed by atoms with Gasteiger partial charge in [0.15, 0.2) is 0 Å². The highest BCUT2D eigenvalue weighted by Crippen LogP contribution is 2.28. The highest BCUT2D eigenvalue weighted by molar-refractivity contribution is 7.80. The molecular weight excluding hydrogens is 271 g/mol. The van der Waals surface area contributed by atoms with Crippen LogP contribution < -0.4 is 10.6 Å². The molecule has 0 saturated heterocycles. The molecule has 0 aliphatic heterocycles. The van der Waals surface area contributed by atoms with E-state index in [-0.39, 0.29) is 10.8 Å². The molecule has 0 saturated carbocycles. The highest BCUT2D eigenvalue weighted by Gasteiger charge is 2.12. The molecule has 4 heteroatoms. The standard InChI is InChI=1S/C16H17FN2S/c1-3-11-4-7-13(8-5-11)19(2)15-9-6-12(17)10-14(15)16(18)20/h4-10H,3H2,1-2H3,(H2,18,20). The Hall–Kier alpha value is -1.94. The number of nitrogens with two attached hydrogens (primary N) is 1. The maximum atomic E-state index is 13.3. The number of anilines is 2. The third kappa shape index (κ3) is 2.96. The van der Waals surface area contributed by atoms with Crippen molar-refractivity contribution in [3.05, 3.63) is 59.4 Å². The molecule has 2 aromatic rings. The van der Waals surface area contributed by atoms with E-state index in [1.807, 2.05) is 24.1 Å². The number of aryl methyl sites for hydroxylation is 1. The molecule has 0 amide bonds. The Morgan fingerprint density at radius 2 is 1.85 bits per heavy atom. The summed E-state index contributed by atoms with van der Waals surface area (Å²) in [5, 5.41) is 0. The zero-order valence-electron chi connectivity index (χ0n) is 11.6. The van der Waals surface area contributed by atoms with E-state index in [4.69, 9.17) is 18.0 Å². The number of rotatable bonds is 4. The molecule has 0 aliphatic carbocycles. The summed E-state index contributed by atoms with van der Waals surface area (Å²) in [6, 6.07) is 12.7. The fourth-order valence-electron chi connectivity index (χ4n) is 2.09. The lowest BCUT2D eigenvalue weighted by Gasteiger charge is -2.22. The van der Waals surface area contributed by atoms with Crippen LogP contribution in [0, 0.1) is 5.82 Å². The third-order valence-corrected chi connectivity index (χ3v) is 3.54. The number of halogens is 1. The summed E-state index contributed by atoms with van der Waals surface area (Å²) in [6.07, 6.45) is 0.999. The molecule has 0 heterocycles. The molecular formula is C16H17FN2S. The first-order valence-corrected chi connectivity index (χ1v) is 6.85. The SMILES string of the molecule is CCc1ccc(N(C)c2ccc(F)cc2C(N)=S)cc1. The van der Waals surface area contributed by atoms with Crippen molar-refractivity contribution in [2.24, 2.45) is 5.73 Å². The summed E-state index contributed by atoms with van der Waals surface area (Å²) >= 11 is 5.00. The molecule has 0 unspecified atom stereocenters. The maximum Gasteiger partial charge on any atom is 0.124 e. The second kappa shape index (κ2) is 6.01. The number of benzene rings is 2. The minimum absolute atomic E-state index is 0.191. The predicted octanol–water partition coefficient (Wildman–Crippen LogP) is 3.79. The van der Waals surface area contributed by atoms with Gasteiger partial charge >= 0.3 is 0 Å². The van der Waals surface area contributed by atoms with Crippen molar-refractivity contribution in [3.63, 3.8) is 0 Å². The summed E-state index contributed by atoms with van der Waals surface area (Å²) in [6.45, 7) is 2.11. The van der Waals surface area contributed by atoms with E-state index in [2.05, 4.69) is 19.1 Å². The summed E-state index contributed by atoms with van der Waals surface area (Å²) in [5.74, 6) is -0.341. The first-order valence-electron chi connectivity index (χ1n) is 6.45. The van der Waals surface area contributed by atoms with Crippen LogP contribution in [0.4, 0.5) is 15.8 Å². The summed E-state index contributed by atoms with van der Waals surface area (Å²) in [4.78, 5) is 2.14. The van der Waals surface area contributed by atoms with Crippen LogP contribution in [0.25, 0.3) is 0 Å². The fourth-order valence-corrected chi connectivity index (χ4v) is 2.26. The molecule has 0 radical (unpaired) electrons. The topological polar surface area (TPSA) is 29.3 Å². The third-order valence-electron chi connectivity index (χ3n) is 3.32. The van der Waals surface area contributed by atoms with Gasteiger partial charge in [-0.05, 0) is 42.3 Å². The Labute approximate surface area is 124 Å². The zero-order chi connectivity index (χ0) is 14.7. The van der Waals surface area contributed by atoms with Gasteiger partial charge in [0.25, 0.3) is 0 Å². The Morgan fingerprint density at radius 1 is 1.20 bits per heavy atom. The Bertz CT molecular complexity index is 623. The normalized spacial score (nSPS) is 10.3. The van der Waals surface area contributed by atoms with Crippen molar-refractivity contribution in [2.45, 2.75) is 13.3 Å². The number of nitrogens with zero attached hydrogens (tertiary/aromatic N) is 1. The molecule has 0 atom stereocenters. The molecule has 2 nitrogen and oxygen atoms in total. The van der Waals surface area contributed by atoms with Crippen molar-refractivity contribution in [3.8, 4) is 0 Å². The van der Waals surface area contributed by atoms with Crippen molar-refractivity contribution < 1.29 is 4.39 Å². The molecule has 2 N–H and O–H groups in total. The van der Waals surface area contributed by atoms with E-state index in [0.29, 0.717) is 5.56 Å². The lowest BCUT2D eigenvalue weighted by molar-refractivity contribution is 0.627. The molecule has 0 aliphatic rings. The number of hydrogen-bond acceptors (Lipinski definition) is 2. The minimum atomic E-state index is -0.341. The van der Waals surface area contributed by atoms with Crippen LogP contribution in [-0.2, 0) is 6.42 Å². The van der Waals surface area contributed by atoms with Gasteiger partial charge in [-0.25, -0.2) is 4.39 Å². The number of thiocarbonyl (C=S) groups is 1. The van der Waals surface area contributed by atoms with Gasteiger partial charge in [-0.3, -0.25) is 0 Å². The van der Waals surface area contributed by atoms with Crippen molar-refractivity contribution in [1.82, 2.24) is 0 Å². The lowest BCUT2D eigenvalue weighted by atomic mass is 10.1. The average Bonchev–Trinajstić information content (AvgIpc) is 2.46. The first-order chi connectivity index (χ1) is 9.52. The average molecular weight is 288 g/mol. The van der Waals surface area contributed by atoms with E-state index >= 15 is 0 Å². The Morgan fingerprint density at radius 3 is 2.40 bits per heavy atom. The van der Waals surface area contributed by atoms with E-state index in [1.54, 1.807) is 6.07 Å². The minimum Gasteiger partial charge on any atom is -0.389 e. The van der Waals surface area contributed by atoms with Gasteiger partial charge < -0.3 is 10.6 Å². The van der Waals surface area contributed by atoms with Crippen LogP contribution in [0.1, 0.15) is 18.1 Å². The van der Waals surface area contributed by atoms with E-state index in [9.17, 15) is 4.39 Å². The Balaban J connectivity index is 2.41. The molecule has 104 valence electrons. The van der Waals surface area contributed by atoms with E-state index in [0.717, 1.165) is 17.8 Å². The van der Waals surface area contributed by atoms with Crippen molar-refractivity contribution in [2.75, 3.05) is 11.9 Å². The molecule has 0 bridgehead atoms. The summed E-state index contributed by atoms with van der Waals surface area (Å²) < 4.78 is 13.3. The molecule has 0 spiro atoms. The van der Waals surface area contributed by atoms with Crippen molar-refractivity contribution in [1.29, 1.82) is 0 Å². The van der Waals surface area contributed by atoms with Gasteiger partial charge in [0.1, 0.15) is 10.8 Å². The van der Waals surface area contributed by atoms with Gasteiger partial charge in [0.05, 0.1) is 5.69 Å². The predicted molar refractivity (Wildman–Crippen MR) is 86.2 cm³/mol. The van der Waals surface area contributed by atoms with Crippen LogP contribution >= 0.6 is 12.2 Å². The molecule has 2 aromatic carbocycles. The van der Waals surface area contributed by atoms with Gasteiger partial charge in [-0.15, -0.1) is 0 Å². The van der Waals surface area contributed by atoms with E-state index < -0.39 is 0 Å². The first kappa shape index (κ1) is 14.5. The largest absolute Gasteiger partial charge is 0.389 e. The van der Waals surface area contributed by atoms with Crippen LogP contribution in [0.5, 0.6) is 0 Å². The number of hydrogen-bond donors (Lipinski definition) is 1. The van der Waals surface area contributed by atoms with Gasteiger partial charge in [-0.2, -0.15) is 0 Å². The molecule has 0 aromatic heterocycles. The second-order valence-corrected chi connectivity index (χ2v) is 5.04. The van der Waals surface area contributed by atoms with Gasteiger partial charge in [0.2, 0.25) is 0 Å². The van der Waals surface area contributed by atoms with Crippen LogP contribution in [0.3, 0.4) is 0 Å². The molecule has 0 fully saturated rings. The Kier molecular flexibility index (Phi) is 4.35. The van der Waals surface area contributed by atoms with Crippen LogP contribution in [0.2, 0.25) is 0 Å². The van der Waals surface area contributed by atoms with Crippen molar-refractivity contribution >= 4 is 28.6 Å². The van der Waals surface area contributed by atoms with Crippen LogP contribution in [-0.4, -0.2) is 12.0 Å². The summed E-state index contributed by atoms with van der Waals surface area (Å²) in [5.41, 5.74) is 9.30. The highest BCUT2D eigenvalue weighted by atomic mass is 32.1. The summed E-state index contributed by atoms with van der Waals surface area (Å²) in [7, 11) is 1.91. The lowest BCUT2D eigenvalue weighted by Crippen LogP contribution is -2.18. The van der Waals surface area contributed by atoms with Crippen LogP contribution in [0.15, 0.2) is 42.5 Å². The maximum absolute atomic E-state index is 13.3. The second-order valence-electron chi connectivity index (χ2n) is 4.60.